The number of hydrogen-bond acceptors (Lipinski definition) is 3. The van der Waals surface area contributed by atoms with Gasteiger partial charge in [0.05, 0.1) is 25.4 Å². The third kappa shape index (κ3) is 6.81. The van der Waals surface area contributed by atoms with Crippen LogP contribution in [-0.2, 0) is 9.47 Å². The molecule has 5 heteroatoms. The van der Waals surface area contributed by atoms with E-state index in [1.807, 2.05) is 0 Å². The Morgan fingerprint density at radius 3 is 1.72 bits per heavy atom. The standard InChI is InChI=1S/C13H24N2O3/c16-13(14-7-3-1-5-11-9-17-11)15-8-4-2-6-12-10-18-12/h11-12H,1-10H2,(H2,14,15,16). The van der Waals surface area contributed by atoms with Crippen molar-refractivity contribution in [3.05, 3.63) is 0 Å². The van der Waals surface area contributed by atoms with Crippen LogP contribution in [-0.4, -0.2) is 44.5 Å². The van der Waals surface area contributed by atoms with E-state index in [4.69, 9.17) is 9.47 Å². The lowest BCUT2D eigenvalue weighted by Gasteiger charge is -2.07. The van der Waals surface area contributed by atoms with Gasteiger partial charge in [-0.05, 0) is 38.5 Å². The number of unbranched alkanes of at least 4 members (excludes halogenated alkanes) is 2. The predicted molar refractivity (Wildman–Crippen MR) is 68.6 cm³/mol. The fraction of sp³-hybridized carbons (Fsp3) is 0.923. The first-order valence-electron chi connectivity index (χ1n) is 7.09. The molecule has 0 aromatic rings. The molecular weight excluding hydrogens is 232 g/mol. The Morgan fingerprint density at radius 2 is 1.33 bits per heavy atom. The summed E-state index contributed by atoms with van der Waals surface area (Å²) in [5, 5.41) is 5.75. The van der Waals surface area contributed by atoms with E-state index in [-0.39, 0.29) is 6.03 Å². The van der Waals surface area contributed by atoms with E-state index in [0.29, 0.717) is 12.2 Å². The molecule has 0 aromatic carbocycles. The molecule has 104 valence electrons. The molecule has 5 nitrogen and oxygen atoms in total. The minimum atomic E-state index is -0.0413. The van der Waals surface area contributed by atoms with Crippen LogP contribution in [0.4, 0.5) is 4.79 Å². The monoisotopic (exact) mass is 256 g/mol. The van der Waals surface area contributed by atoms with Gasteiger partial charge in [-0.1, -0.05) is 0 Å². The summed E-state index contributed by atoms with van der Waals surface area (Å²) in [5.74, 6) is 0. The molecule has 2 heterocycles. The number of carbonyl (C=O) groups is 1. The van der Waals surface area contributed by atoms with Crippen molar-refractivity contribution in [1.82, 2.24) is 10.6 Å². The summed E-state index contributed by atoms with van der Waals surface area (Å²) in [4.78, 5) is 11.4. The Hall–Kier alpha value is -0.810. The van der Waals surface area contributed by atoms with Crippen molar-refractivity contribution in [3.8, 4) is 0 Å². The lowest BCUT2D eigenvalue weighted by atomic mass is 10.2. The highest BCUT2D eigenvalue weighted by molar-refractivity contribution is 5.73. The SMILES string of the molecule is O=C(NCCCCC1CO1)NCCCCC1CO1. The van der Waals surface area contributed by atoms with Gasteiger partial charge in [0, 0.05) is 13.1 Å². The molecule has 2 atom stereocenters. The average molecular weight is 256 g/mol. The van der Waals surface area contributed by atoms with Gasteiger partial charge in [-0.2, -0.15) is 0 Å². The Balaban J connectivity index is 1.30. The van der Waals surface area contributed by atoms with Gasteiger partial charge in [0.1, 0.15) is 0 Å². The van der Waals surface area contributed by atoms with Crippen molar-refractivity contribution in [2.75, 3.05) is 26.3 Å². The topological polar surface area (TPSA) is 66.2 Å². The van der Waals surface area contributed by atoms with Crippen LogP contribution in [0.5, 0.6) is 0 Å². The molecule has 2 unspecified atom stereocenters. The number of nitrogens with one attached hydrogen (secondary N) is 2. The van der Waals surface area contributed by atoms with Crippen molar-refractivity contribution >= 4 is 6.03 Å². The summed E-state index contributed by atoms with van der Waals surface area (Å²) in [7, 11) is 0. The van der Waals surface area contributed by atoms with Gasteiger partial charge in [0.15, 0.2) is 0 Å². The van der Waals surface area contributed by atoms with E-state index >= 15 is 0 Å². The maximum atomic E-state index is 11.4. The Kier molecular flexibility index (Phi) is 5.74. The van der Waals surface area contributed by atoms with Crippen molar-refractivity contribution in [2.45, 2.75) is 50.7 Å². The van der Waals surface area contributed by atoms with Crippen LogP contribution in [0, 0.1) is 0 Å². The Bertz CT molecular complexity index is 229. The van der Waals surface area contributed by atoms with E-state index in [9.17, 15) is 4.79 Å². The number of rotatable bonds is 10. The van der Waals surface area contributed by atoms with Gasteiger partial charge in [-0.25, -0.2) is 4.79 Å². The van der Waals surface area contributed by atoms with E-state index in [1.54, 1.807) is 0 Å². The smallest absolute Gasteiger partial charge is 0.314 e. The Labute approximate surface area is 109 Å². The van der Waals surface area contributed by atoms with Crippen LogP contribution in [0.15, 0.2) is 0 Å². The van der Waals surface area contributed by atoms with E-state index in [2.05, 4.69) is 10.6 Å². The molecule has 2 fully saturated rings. The summed E-state index contributed by atoms with van der Waals surface area (Å²) in [6, 6.07) is -0.0413. The molecule has 0 aliphatic carbocycles. The minimum absolute atomic E-state index is 0.0413. The van der Waals surface area contributed by atoms with Crippen molar-refractivity contribution in [2.24, 2.45) is 0 Å². The number of carbonyl (C=O) groups excluding carboxylic acids is 1. The third-order valence-corrected chi connectivity index (χ3v) is 3.28. The number of epoxide rings is 2. The van der Waals surface area contributed by atoms with Gasteiger partial charge in [0.2, 0.25) is 0 Å². The molecule has 0 radical (unpaired) electrons. The molecule has 18 heavy (non-hydrogen) atoms. The zero-order valence-electron chi connectivity index (χ0n) is 11.0. The largest absolute Gasteiger partial charge is 0.373 e. The third-order valence-electron chi connectivity index (χ3n) is 3.28. The zero-order valence-corrected chi connectivity index (χ0v) is 11.0. The molecule has 2 aliphatic heterocycles. The number of ether oxygens (including phenoxy) is 2. The molecule has 2 N–H and O–H groups in total. The van der Waals surface area contributed by atoms with Gasteiger partial charge >= 0.3 is 6.03 Å². The molecule has 0 aromatic heterocycles. The second kappa shape index (κ2) is 7.59. The van der Waals surface area contributed by atoms with Crippen molar-refractivity contribution < 1.29 is 14.3 Å². The second-order valence-electron chi connectivity index (χ2n) is 5.08. The maximum Gasteiger partial charge on any atom is 0.314 e. The van der Waals surface area contributed by atoms with Crippen LogP contribution >= 0.6 is 0 Å². The maximum absolute atomic E-state index is 11.4. The average Bonchev–Trinajstić information content (AvgIpc) is 3.23. The number of hydrogen-bond donors (Lipinski definition) is 2. The molecule has 0 bridgehead atoms. The lowest BCUT2D eigenvalue weighted by molar-refractivity contribution is 0.240. The first-order chi connectivity index (χ1) is 8.84. The predicted octanol–water partition coefficient (Wildman–Crippen LogP) is 1.42. The quantitative estimate of drug-likeness (QED) is 0.459. The summed E-state index contributed by atoms with van der Waals surface area (Å²) >= 11 is 0. The Morgan fingerprint density at radius 1 is 0.889 bits per heavy atom. The summed E-state index contributed by atoms with van der Waals surface area (Å²) in [6.07, 6.45) is 7.61. The fourth-order valence-corrected chi connectivity index (χ4v) is 1.93. The van der Waals surface area contributed by atoms with Crippen LogP contribution in [0.25, 0.3) is 0 Å². The van der Waals surface area contributed by atoms with Gasteiger partial charge in [-0.3, -0.25) is 0 Å². The molecule has 2 amide bonds. The molecule has 2 aliphatic rings. The molecule has 0 saturated carbocycles. The van der Waals surface area contributed by atoms with Crippen LogP contribution in [0.3, 0.4) is 0 Å². The lowest BCUT2D eigenvalue weighted by Crippen LogP contribution is -2.36. The molecule has 2 saturated heterocycles. The van der Waals surface area contributed by atoms with E-state index < -0.39 is 0 Å². The number of amides is 2. The van der Waals surface area contributed by atoms with Gasteiger partial charge in [0.25, 0.3) is 0 Å². The van der Waals surface area contributed by atoms with Crippen molar-refractivity contribution in [3.63, 3.8) is 0 Å². The summed E-state index contributed by atoms with van der Waals surface area (Å²) in [5.41, 5.74) is 0. The first-order valence-corrected chi connectivity index (χ1v) is 7.09. The van der Waals surface area contributed by atoms with Gasteiger partial charge < -0.3 is 20.1 Å². The highest BCUT2D eigenvalue weighted by Crippen LogP contribution is 2.16. The van der Waals surface area contributed by atoms with Crippen LogP contribution < -0.4 is 10.6 Å². The van der Waals surface area contributed by atoms with Gasteiger partial charge in [-0.15, -0.1) is 0 Å². The zero-order chi connectivity index (χ0) is 12.6. The van der Waals surface area contributed by atoms with Crippen LogP contribution in [0.1, 0.15) is 38.5 Å². The molecular formula is C13H24N2O3. The summed E-state index contributed by atoms with van der Waals surface area (Å²) in [6.45, 7) is 3.38. The highest BCUT2D eigenvalue weighted by Gasteiger charge is 2.21. The second-order valence-corrected chi connectivity index (χ2v) is 5.08. The van der Waals surface area contributed by atoms with E-state index in [1.165, 1.54) is 0 Å². The summed E-state index contributed by atoms with van der Waals surface area (Å²) < 4.78 is 10.2. The molecule has 2 rings (SSSR count). The normalized spacial score (nSPS) is 24.7. The highest BCUT2D eigenvalue weighted by atomic mass is 16.6. The van der Waals surface area contributed by atoms with Crippen molar-refractivity contribution in [1.29, 1.82) is 0 Å². The molecule has 0 spiro atoms. The fourth-order valence-electron chi connectivity index (χ4n) is 1.93. The van der Waals surface area contributed by atoms with E-state index in [0.717, 1.165) is 64.8 Å². The first kappa shape index (κ1) is 13.6. The van der Waals surface area contributed by atoms with Crippen LogP contribution in [0.2, 0.25) is 0 Å². The minimum Gasteiger partial charge on any atom is -0.373 e. The number of urea groups is 1.